The number of cyclic esters (lactones) is 2. The predicted molar refractivity (Wildman–Crippen MR) is 61.5 cm³/mol. The zero-order valence-electron chi connectivity index (χ0n) is 7.55. The average Bonchev–Trinajstić information content (AvgIpc) is 2.52. The lowest BCUT2D eigenvalue weighted by molar-refractivity contribution is 0.0444. The smallest absolute Gasteiger partial charge is 0.346 e. The topological polar surface area (TPSA) is 43.4 Å². The normalized spacial score (nSPS) is 14.0. The van der Waals surface area contributed by atoms with Gasteiger partial charge in [-0.15, -0.1) is 0 Å². The zero-order valence-corrected chi connectivity index (χ0v) is 10.7. The maximum absolute atomic E-state index is 11.3. The molecule has 1 aliphatic heterocycles. The second-order valence-corrected chi connectivity index (χ2v) is 4.23. The molecule has 0 saturated heterocycles. The molecule has 0 unspecified atom stereocenters. The Morgan fingerprint density at radius 2 is 1.33 bits per heavy atom. The van der Waals surface area contributed by atoms with Crippen molar-refractivity contribution in [2.75, 3.05) is 0 Å². The van der Waals surface area contributed by atoms with Crippen LogP contribution >= 0.6 is 31.9 Å². The number of ether oxygens (including phenoxy) is 1. The summed E-state index contributed by atoms with van der Waals surface area (Å²) in [5, 5.41) is 1.28. The SMILES string of the molecule is O=C1OC(=O)c2cc(CBr)c(CBr)cc21. The Morgan fingerprint density at radius 1 is 0.933 bits per heavy atom. The van der Waals surface area contributed by atoms with E-state index in [0.29, 0.717) is 21.8 Å². The van der Waals surface area contributed by atoms with Crippen LogP contribution in [0.25, 0.3) is 0 Å². The van der Waals surface area contributed by atoms with Crippen LogP contribution in [0.15, 0.2) is 12.1 Å². The minimum absolute atomic E-state index is 0.360. The van der Waals surface area contributed by atoms with Crippen LogP contribution in [0.1, 0.15) is 31.8 Å². The molecule has 1 aromatic carbocycles. The lowest BCUT2D eigenvalue weighted by Crippen LogP contribution is -1.97. The molecule has 1 aliphatic rings. The van der Waals surface area contributed by atoms with Gasteiger partial charge in [-0.1, -0.05) is 31.9 Å². The van der Waals surface area contributed by atoms with Gasteiger partial charge in [-0.05, 0) is 23.3 Å². The summed E-state index contributed by atoms with van der Waals surface area (Å²) in [6, 6.07) is 3.40. The van der Waals surface area contributed by atoms with Crippen molar-refractivity contribution in [3.63, 3.8) is 0 Å². The maximum atomic E-state index is 11.3. The Labute approximate surface area is 103 Å². The van der Waals surface area contributed by atoms with Crippen molar-refractivity contribution in [2.45, 2.75) is 10.7 Å². The van der Waals surface area contributed by atoms with E-state index in [2.05, 4.69) is 36.6 Å². The lowest BCUT2D eigenvalue weighted by Gasteiger charge is -2.04. The third-order valence-electron chi connectivity index (χ3n) is 2.25. The molecule has 0 amide bonds. The fourth-order valence-electron chi connectivity index (χ4n) is 1.47. The van der Waals surface area contributed by atoms with Gasteiger partial charge in [0.05, 0.1) is 11.1 Å². The van der Waals surface area contributed by atoms with Crippen LogP contribution in [0.5, 0.6) is 0 Å². The van der Waals surface area contributed by atoms with Gasteiger partial charge in [-0.3, -0.25) is 0 Å². The third kappa shape index (κ3) is 1.74. The molecule has 15 heavy (non-hydrogen) atoms. The first-order chi connectivity index (χ1) is 7.17. The molecule has 2 rings (SSSR count). The van der Waals surface area contributed by atoms with Crippen LogP contribution in [0, 0.1) is 0 Å². The molecular formula is C10H6Br2O3. The van der Waals surface area contributed by atoms with Crippen molar-refractivity contribution in [2.24, 2.45) is 0 Å². The van der Waals surface area contributed by atoms with Gasteiger partial charge in [-0.2, -0.15) is 0 Å². The molecule has 78 valence electrons. The van der Waals surface area contributed by atoms with Gasteiger partial charge in [0.1, 0.15) is 0 Å². The second kappa shape index (κ2) is 4.06. The monoisotopic (exact) mass is 332 g/mol. The summed E-state index contributed by atoms with van der Waals surface area (Å²) in [6.07, 6.45) is 0. The molecule has 5 heteroatoms. The van der Waals surface area contributed by atoms with Crippen molar-refractivity contribution >= 4 is 43.8 Å². The number of hydrogen-bond acceptors (Lipinski definition) is 3. The number of hydrogen-bond donors (Lipinski definition) is 0. The Kier molecular flexibility index (Phi) is 2.93. The van der Waals surface area contributed by atoms with E-state index in [9.17, 15) is 9.59 Å². The molecule has 0 atom stereocenters. The summed E-state index contributed by atoms with van der Waals surface area (Å²) in [6.45, 7) is 0. The molecule has 1 aromatic rings. The van der Waals surface area contributed by atoms with Crippen LogP contribution in [0.2, 0.25) is 0 Å². The summed E-state index contributed by atoms with van der Waals surface area (Å²) >= 11 is 6.67. The van der Waals surface area contributed by atoms with Crippen molar-refractivity contribution in [1.29, 1.82) is 0 Å². The number of carbonyl (C=O) groups excluding carboxylic acids is 2. The largest absolute Gasteiger partial charge is 0.386 e. The summed E-state index contributed by atoms with van der Waals surface area (Å²) < 4.78 is 4.52. The maximum Gasteiger partial charge on any atom is 0.346 e. The molecule has 0 aromatic heterocycles. The average molecular weight is 334 g/mol. The van der Waals surface area contributed by atoms with Gasteiger partial charge >= 0.3 is 11.9 Å². The number of alkyl halides is 2. The van der Waals surface area contributed by atoms with E-state index in [4.69, 9.17) is 0 Å². The predicted octanol–water partition coefficient (Wildman–Crippen LogP) is 2.79. The Hall–Kier alpha value is -0.680. The molecular weight excluding hydrogens is 328 g/mol. The number of benzene rings is 1. The lowest BCUT2D eigenvalue weighted by atomic mass is 10.0. The molecule has 0 fully saturated rings. The van der Waals surface area contributed by atoms with Crippen LogP contribution in [-0.4, -0.2) is 11.9 Å². The fraction of sp³-hybridized carbons (Fsp3) is 0.200. The second-order valence-electron chi connectivity index (χ2n) is 3.11. The van der Waals surface area contributed by atoms with Gasteiger partial charge in [0.25, 0.3) is 0 Å². The van der Waals surface area contributed by atoms with Crippen molar-refractivity contribution in [3.05, 3.63) is 34.4 Å². The van der Waals surface area contributed by atoms with Crippen molar-refractivity contribution < 1.29 is 14.3 Å². The van der Waals surface area contributed by atoms with E-state index in [-0.39, 0.29) is 0 Å². The number of carbonyl (C=O) groups is 2. The summed E-state index contributed by atoms with van der Waals surface area (Å²) in [7, 11) is 0. The number of fused-ring (bicyclic) bond motifs is 1. The highest BCUT2D eigenvalue weighted by Crippen LogP contribution is 2.26. The van der Waals surface area contributed by atoms with Gasteiger partial charge in [0.15, 0.2) is 0 Å². The molecule has 0 N–H and O–H groups in total. The Bertz CT molecular complexity index is 413. The first-order valence-corrected chi connectivity index (χ1v) is 6.46. The standard InChI is InChI=1S/C10H6Br2O3/c11-3-5-1-7-8(2-6(5)4-12)10(14)15-9(7)13/h1-2H,3-4H2. The quantitative estimate of drug-likeness (QED) is 0.475. The summed E-state index contributed by atoms with van der Waals surface area (Å²) in [5.41, 5.74) is 2.69. The van der Waals surface area contributed by atoms with Gasteiger partial charge in [0.2, 0.25) is 0 Å². The van der Waals surface area contributed by atoms with E-state index < -0.39 is 11.9 Å². The summed E-state index contributed by atoms with van der Waals surface area (Å²) in [4.78, 5) is 22.5. The van der Waals surface area contributed by atoms with Crippen LogP contribution < -0.4 is 0 Å². The first-order valence-electron chi connectivity index (χ1n) is 4.21. The number of rotatable bonds is 2. The fourth-order valence-corrected chi connectivity index (χ4v) is 2.51. The van der Waals surface area contributed by atoms with Crippen LogP contribution in [0.3, 0.4) is 0 Å². The minimum Gasteiger partial charge on any atom is -0.386 e. The first kappa shape index (κ1) is 10.8. The number of halogens is 2. The zero-order chi connectivity index (χ0) is 11.0. The molecule has 0 spiro atoms. The van der Waals surface area contributed by atoms with E-state index in [1.807, 2.05) is 0 Å². The number of esters is 2. The molecule has 0 radical (unpaired) electrons. The highest BCUT2D eigenvalue weighted by Gasteiger charge is 2.30. The molecule has 3 nitrogen and oxygen atoms in total. The third-order valence-corrected chi connectivity index (χ3v) is 3.46. The molecule has 0 saturated carbocycles. The van der Waals surface area contributed by atoms with E-state index in [1.165, 1.54) is 0 Å². The van der Waals surface area contributed by atoms with Gasteiger partial charge in [0, 0.05) is 10.7 Å². The van der Waals surface area contributed by atoms with Crippen LogP contribution in [-0.2, 0) is 15.4 Å². The Morgan fingerprint density at radius 3 is 1.67 bits per heavy atom. The minimum atomic E-state index is -0.557. The molecule has 0 aliphatic carbocycles. The van der Waals surface area contributed by atoms with Crippen LogP contribution in [0.4, 0.5) is 0 Å². The van der Waals surface area contributed by atoms with E-state index in [0.717, 1.165) is 11.1 Å². The highest BCUT2D eigenvalue weighted by atomic mass is 79.9. The van der Waals surface area contributed by atoms with E-state index in [1.54, 1.807) is 12.1 Å². The molecule has 1 heterocycles. The van der Waals surface area contributed by atoms with Crippen molar-refractivity contribution in [3.8, 4) is 0 Å². The molecule has 0 bridgehead atoms. The highest BCUT2D eigenvalue weighted by molar-refractivity contribution is 9.09. The van der Waals surface area contributed by atoms with Gasteiger partial charge in [-0.25, -0.2) is 9.59 Å². The van der Waals surface area contributed by atoms with E-state index >= 15 is 0 Å². The summed E-state index contributed by atoms with van der Waals surface area (Å²) in [5.74, 6) is -1.11. The van der Waals surface area contributed by atoms with Crippen molar-refractivity contribution in [1.82, 2.24) is 0 Å². The Balaban J connectivity index is 2.63. The van der Waals surface area contributed by atoms with Gasteiger partial charge < -0.3 is 4.74 Å².